The zero-order chi connectivity index (χ0) is 12.3. The van der Waals surface area contributed by atoms with E-state index >= 15 is 0 Å². The fraction of sp³-hybridized carbons (Fsp3) is 0.462. The lowest BCUT2D eigenvalue weighted by molar-refractivity contribution is 0.0953. The Morgan fingerprint density at radius 2 is 2.24 bits per heavy atom. The third kappa shape index (κ3) is 3.73. The molecule has 0 bridgehead atoms. The standard InChI is InChI=1S/C13H17BrN2O/c14-10-5-6-11(12(15)8-10)13(17)16-7-1-2-9-3-4-9/h5-6,8-9H,1-4,7,15H2,(H,16,17). The first kappa shape index (κ1) is 12.4. The van der Waals surface area contributed by atoms with Gasteiger partial charge in [0.25, 0.3) is 5.91 Å². The van der Waals surface area contributed by atoms with Crippen molar-refractivity contribution < 1.29 is 4.79 Å². The number of hydrogen-bond acceptors (Lipinski definition) is 2. The number of anilines is 1. The van der Waals surface area contributed by atoms with Gasteiger partial charge >= 0.3 is 0 Å². The smallest absolute Gasteiger partial charge is 0.253 e. The van der Waals surface area contributed by atoms with Gasteiger partial charge in [0, 0.05) is 16.7 Å². The molecule has 2 rings (SSSR count). The maximum Gasteiger partial charge on any atom is 0.253 e. The molecular formula is C13H17BrN2O. The summed E-state index contributed by atoms with van der Waals surface area (Å²) in [5.74, 6) is 0.843. The van der Waals surface area contributed by atoms with Gasteiger partial charge in [-0.1, -0.05) is 28.8 Å². The van der Waals surface area contributed by atoms with Crippen LogP contribution in [0.4, 0.5) is 5.69 Å². The second-order valence-electron chi connectivity index (χ2n) is 4.57. The Morgan fingerprint density at radius 3 is 2.88 bits per heavy atom. The van der Waals surface area contributed by atoms with Crippen LogP contribution in [0, 0.1) is 5.92 Å². The van der Waals surface area contributed by atoms with Gasteiger partial charge in [-0.3, -0.25) is 4.79 Å². The van der Waals surface area contributed by atoms with E-state index < -0.39 is 0 Å². The van der Waals surface area contributed by atoms with Crippen LogP contribution in [0.3, 0.4) is 0 Å². The molecular weight excluding hydrogens is 280 g/mol. The lowest BCUT2D eigenvalue weighted by Crippen LogP contribution is -2.25. The number of rotatable bonds is 5. The van der Waals surface area contributed by atoms with Crippen LogP contribution in [0.15, 0.2) is 22.7 Å². The third-order valence-corrected chi connectivity index (χ3v) is 3.52. The summed E-state index contributed by atoms with van der Waals surface area (Å²) in [7, 11) is 0. The van der Waals surface area contributed by atoms with Crippen LogP contribution in [0.1, 0.15) is 36.0 Å². The second kappa shape index (κ2) is 5.54. The molecule has 3 N–H and O–H groups in total. The van der Waals surface area contributed by atoms with Crippen LogP contribution in [0.5, 0.6) is 0 Å². The molecule has 1 aromatic carbocycles. The maximum atomic E-state index is 11.8. The van der Waals surface area contributed by atoms with Crippen molar-refractivity contribution in [2.45, 2.75) is 25.7 Å². The Balaban J connectivity index is 1.81. The topological polar surface area (TPSA) is 55.1 Å². The average Bonchev–Trinajstić information content (AvgIpc) is 3.08. The van der Waals surface area contributed by atoms with E-state index in [-0.39, 0.29) is 5.91 Å². The van der Waals surface area contributed by atoms with E-state index in [4.69, 9.17) is 5.73 Å². The molecule has 0 unspecified atom stereocenters. The minimum absolute atomic E-state index is 0.0780. The van der Waals surface area contributed by atoms with Crippen molar-refractivity contribution in [1.82, 2.24) is 5.32 Å². The fourth-order valence-electron chi connectivity index (χ4n) is 1.83. The quantitative estimate of drug-likeness (QED) is 0.648. The molecule has 1 saturated carbocycles. The normalized spacial score (nSPS) is 14.6. The Kier molecular flexibility index (Phi) is 4.05. The highest BCUT2D eigenvalue weighted by molar-refractivity contribution is 9.10. The summed E-state index contributed by atoms with van der Waals surface area (Å²) in [6.07, 6.45) is 5.03. The molecule has 0 heterocycles. The van der Waals surface area contributed by atoms with Crippen LogP contribution in [0.25, 0.3) is 0 Å². The van der Waals surface area contributed by atoms with Gasteiger partial charge < -0.3 is 11.1 Å². The zero-order valence-electron chi connectivity index (χ0n) is 9.71. The van der Waals surface area contributed by atoms with Crippen molar-refractivity contribution in [3.63, 3.8) is 0 Å². The molecule has 0 saturated heterocycles. The van der Waals surface area contributed by atoms with E-state index in [1.807, 2.05) is 6.07 Å². The van der Waals surface area contributed by atoms with Gasteiger partial charge in [0.15, 0.2) is 0 Å². The van der Waals surface area contributed by atoms with Crippen LogP contribution < -0.4 is 11.1 Å². The largest absolute Gasteiger partial charge is 0.398 e. The molecule has 1 aliphatic rings. The van der Waals surface area contributed by atoms with Gasteiger partial charge in [0.05, 0.1) is 5.56 Å². The molecule has 17 heavy (non-hydrogen) atoms. The van der Waals surface area contributed by atoms with E-state index in [9.17, 15) is 4.79 Å². The van der Waals surface area contributed by atoms with E-state index in [1.54, 1.807) is 12.1 Å². The number of halogens is 1. The summed E-state index contributed by atoms with van der Waals surface area (Å²) in [5, 5.41) is 2.91. The summed E-state index contributed by atoms with van der Waals surface area (Å²) in [6.45, 7) is 0.741. The van der Waals surface area contributed by atoms with Gasteiger partial charge in [-0.05, 0) is 37.0 Å². The zero-order valence-corrected chi connectivity index (χ0v) is 11.3. The average molecular weight is 297 g/mol. The number of hydrogen-bond donors (Lipinski definition) is 2. The van der Waals surface area contributed by atoms with Crippen molar-refractivity contribution in [3.8, 4) is 0 Å². The molecule has 0 aliphatic heterocycles. The highest BCUT2D eigenvalue weighted by Crippen LogP contribution is 2.33. The minimum atomic E-state index is -0.0780. The number of amides is 1. The summed E-state index contributed by atoms with van der Waals surface area (Å²) in [5.41, 5.74) is 6.86. The Bertz CT molecular complexity index is 416. The fourth-order valence-corrected chi connectivity index (χ4v) is 2.21. The molecule has 0 spiro atoms. The molecule has 0 atom stereocenters. The maximum absolute atomic E-state index is 11.8. The van der Waals surface area contributed by atoms with E-state index in [2.05, 4.69) is 21.2 Å². The number of nitrogens with one attached hydrogen (secondary N) is 1. The third-order valence-electron chi connectivity index (χ3n) is 3.03. The molecule has 92 valence electrons. The first-order valence-corrected chi connectivity index (χ1v) is 6.79. The molecule has 1 fully saturated rings. The predicted octanol–water partition coefficient (Wildman–Crippen LogP) is 2.95. The highest BCUT2D eigenvalue weighted by atomic mass is 79.9. The SMILES string of the molecule is Nc1cc(Br)ccc1C(=O)NCCCC1CC1. The number of nitrogens with two attached hydrogens (primary N) is 1. The van der Waals surface area contributed by atoms with E-state index in [0.717, 1.165) is 23.4 Å². The molecule has 0 aromatic heterocycles. The van der Waals surface area contributed by atoms with E-state index in [0.29, 0.717) is 11.3 Å². The number of carbonyl (C=O) groups excluding carboxylic acids is 1. The summed E-state index contributed by atoms with van der Waals surface area (Å²) in [6, 6.07) is 5.32. The van der Waals surface area contributed by atoms with Crippen LogP contribution in [0.2, 0.25) is 0 Å². The van der Waals surface area contributed by atoms with Crippen molar-refractivity contribution in [3.05, 3.63) is 28.2 Å². The van der Waals surface area contributed by atoms with Gasteiger partial charge in [0.2, 0.25) is 0 Å². The van der Waals surface area contributed by atoms with Crippen molar-refractivity contribution >= 4 is 27.5 Å². The van der Waals surface area contributed by atoms with E-state index in [1.165, 1.54) is 19.3 Å². The second-order valence-corrected chi connectivity index (χ2v) is 5.49. The minimum Gasteiger partial charge on any atom is -0.398 e. The van der Waals surface area contributed by atoms with Crippen LogP contribution in [-0.4, -0.2) is 12.5 Å². The van der Waals surface area contributed by atoms with Gasteiger partial charge in [-0.15, -0.1) is 0 Å². The molecule has 3 nitrogen and oxygen atoms in total. The Hall–Kier alpha value is -1.03. The molecule has 0 radical (unpaired) electrons. The van der Waals surface area contributed by atoms with Crippen LogP contribution >= 0.6 is 15.9 Å². The molecule has 1 aliphatic carbocycles. The highest BCUT2D eigenvalue weighted by Gasteiger charge is 2.20. The number of nitrogen functional groups attached to an aromatic ring is 1. The van der Waals surface area contributed by atoms with Crippen molar-refractivity contribution in [2.75, 3.05) is 12.3 Å². The van der Waals surface area contributed by atoms with Crippen molar-refractivity contribution in [1.29, 1.82) is 0 Å². The lowest BCUT2D eigenvalue weighted by Gasteiger charge is -2.07. The summed E-state index contributed by atoms with van der Waals surface area (Å²) >= 11 is 3.32. The molecule has 4 heteroatoms. The monoisotopic (exact) mass is 296 g/mol. The first-order valence-electron chi connectivity index (χ1n) is 6.00. The summed E-state index contributed by atoms with van der Waals surface area (Å²) < 4.78 is 0.889. The predicted molar refractivity (Wildman–Crippen MR) is 72.8 cm³/mol. The van der Waals surface area contributed by atoms with Gasteiger partial charge in [-0.2, -0.15) is 0 Å². The number of carbonyl (C=O) groups is 1. The Labute approximate surface area is 110 Å². The lowest BCUT2D eigenvalue weighted by atomic mass is 10.1. The summed E-state index contributed by atoms with van der Waals surface area (Å²) in [4.78, 5) is 11.8. The molecule has 1 amide bonds. The van der Waals surface area contributed by atoms with Crippen LogP contribution in [-0.2, 0) is 0 Å². The first-order chi connectivity index (χ1) is 8.16. The van der Waals surface area contributed by atoms with Gasteiger partial charge in [-0.25, -0.2) is 0 Å². The Morgan fingerprint density at radius 1 is 1.47 bits per heavy atom. The van der Waals surface area contributed by atoms with Crippen molar-refractivity contribution in [2.24, 2.45) is 5.92 Å². The van der Waals surface area contributed by atoms with Gasteiger partial charge in [0.1, 0.15) is 0 Å². The number of benzene rings is 1. The molecule has 1 aromatic rings.